The van der Waals surface area contributed by atoms with Gasteiger partial charge in [0.2, 0.25) is 5.91 Å². The maximum absolute atomic E-state index is 11.8. The van der Waals surface area contributed by atoms with Crippen molar-refractivity contribution in [1.29, 1.82) is 0 Å². The Morgan fingerprint density at radius 3 is 2.68 bits per heavy atom. The Hall–Kier alpha value is -2.70. The average molecular weight is 302 g/mol. The highest BCUT2D eigenvalue weighted by atomic mass is 16.4. The molecule has 116 valence electrons. The van der Waals surface area contributed by atoms with Gasteiger partial charge >= 0.3 is 5.97 Å². The smallest absolute Gasteiger partial charge is 0.325 e. The van der Waals surface area contributed by atoms with Gasteiger partial charge in [0, 0.05) is 6.42 Å². The van der Waals surface area contributed by atoms with Gasteiger partial charge in [-0.2, -0.15) is 0 Å². The number of carboxylic acids is 1. The maximum Gasteiger partial charge on any atom is 0.325 e. The first-order valence-corrected chi connectivity index (χ1v) is 6.96. The SMILES string of the molecule is Cc1ccc(CCC(=O)NCc2cn(CC(=O)O)nn2)cc1. The lowest BCUT2D eigenvalue weighted by molar-refractivity contribution is -0.138. The molecule has 0 aliphatic carbocycles. The predicted octanol–water partition coefficient (Wildman–Crippen LogP) is 0.920. The van der Waals surface area contributed by atoms with E-state index in [9.17, 15) is 9.59 Å². The van der Waals surface area contributed by atoms with E-state index in [1.165, 1.54) is 16.4 Å². The number of rotatable bonds is 7. The number of hydrogen-bond donors (Lipinski definition) is 2. The fourth-order valence-corrected chi connectivity index (χ4v) is 1.93. The fraction of sp³-hybridized carbons (Fsp3) is 0.333. The van der Waals surface area contributed by atoms with Crippen molar-refractivity contribution < 1.29 is 14.7 Å². The summed E-state index contributed by atoms with van der Waals surface area (Å²) in [4.78, 5) is 22.3. The number of carboxylic acid groups (broad SMARTS) is 1. The summed E-state index contributed by atoms with van der Waals surface area (Å²) in [7, 11) is 0. The van der Waals surface area contributed by atoms with Crippen molar-refractivity contribution in [1.82, 2.24) is 20.3 Å². The van der Waals surface area contributed by atoms with Crippen molar-refractivity contribution in [2.75, 3.05) is 0 Å². The third-order valence-electron chi connectivity index (χ3n) is 3.11. The van der Waals surface area contributed by atoms with Gasteiger partial charge in [0.15, 0.2) is 0 Å². The first-order chi connectivity index (χ1) is 10.5. The van der Waals surface area contributed by atoms with E-state index in [2.05, 4.69) is 15.6 Å². The van der Waals surface area contributed by atoms with Crippen LogP contribution in [0.3, 0.4) is 0 Å². The van der Waals surface area contributed by atoms with E-state index in [-0.39, 0.29) is 19.0 Å². The van der Waals surface area contributed by atoms with E-state index < -0.39 is 5.97 Å². The molecule has 2 N–H and O–H groups in total. The fourth-order valence-electron chi connectivity index (χ4n) is 1.93. The Bertz CT molecular complexity index is 649. The van der Waals surface area contributed by atoms with Crippen LogP contribution in [0.2, 0.25) is 0 Å². The van der Waals surface area contributed by atoms with Gasteiger partial charge in [-0.05, 0) is 18.9 Å². The molecular formula is C15H18N4O3. The largest absolute Gasteiger partial charge is 0.480 e. The Labute approximate surface area is 128 Å². The lowest BCUT2D eigenvalue weighted by atomic mass is 10.1. The summed E-state index contributed by atoms with van der Waals surface area (Å²) in [6.07, 6.45) is 2.58. The third kappa shape index (κ3) is 5.01. The average Bonchev–Trinajstić information content (AvgIpc) is 2.91. The Kier molecular flexibility index (Phi) is 5.24. The molecule has 0 aliphatic rings. The number of hydrogen-bond acceptors (Lipinski definition) is 4. The third-order valence-corrected chi connectivity index (χ3v) is 3.11. The zero-order valence-corrected chi connectivity index (χ0v) is 12.3. The molecule has 1 amide bonds. The number of aryl methyl sites for hydroxylation is 2. The molecule has 0 saturated heterocycles. The van der Waals surface area contributed by atoms with Gasteiger partial charge in [-0.15, -0.1) is 5.10 Å². The van der Waals surface area contributed by atoms with E-state index >= 15 is 0 Å². The summed E-state index contributed by atoms with van der Waals surface area (Å²) in [6, 6.07) is 8.07. The highest BCUT2D eigenvalue weighted by Crippen LogP contribution is 2.05. The molecule has 0 unspecified atom stereocenters. The van der Waals surface area contributed by atoms with Gasteiger partial charge in [0.05, 0.1) is 12.7 Å². The monoisotopic (exact) mass is 302 g/mol. The van der Waals surface area contributed by atoms with Gasteiger partial charge < -0.3 is 10.4 Å². The van der Waals surface area contributed by atoms with Crippen LogP contribution in [-0.2, 0) is 29.1 Å². The Morgan fingerprint density at radius 2 is 2.00 bits per heavy atom. The van der Waals surface area contributed by atoms with Crippen LogP contribution < -0.4 is 5.32 Å². The minimum absolute atomic E-state index is 0.0756. The van der Waals surface area contributed by atoms with Crippen LogP contribution in [0.25, 0.3) is 0 Å². The van der Waals surface area contributed by atoms with Gasteiger partial charge in [-0.3, -0.25) is 9.59 Å². The van der Waals surface area contributed by atoms with Gasteiger partial charge in [0.25, 0.3) is 0 Å². The number of nitrogens with one attached hydrogen (secondary N) is 1. The predicted molar refractivity (Wildman–Crippen MR) is 79.0 cm³/mol. The molecule has 2 aromatic rings. The summed E-state index contributed by atoms with van der Waals surface area (Å²) >= 11 is 0. The minimum Gasteiger partial charge on any atom is -0.480 e. The van der Waals surface area contributed by atoms with Crippen molar-refractivity contribution in [3.8, 4) is 0 Å². The zero-order chi connectivity index (χ0) is 15.9. The van der Waals surface area contributed by atoms with Gasteiger partial charge in [0.1, 0.15) is 12.2 Å². The molecule has 0 aliphatic heterocycles. The van der Waals surface area contributed by atoms with Crippen LogP contribution in [0.15, 0.2) is 30.5 Å². The molecule has 1 aromatic heterocycles. The van der Waals surface area contributed by atoms with Crippen LogP contribution in [0.1, 0.15) is 23.2 Å². The summed E-state index contributed by atoms with van der Waals surface area (Å²) in [5.74, 6) is -1.06. The quantitative estimate of drug-likeness (QED) is 0.792. The highest BCUT2D eigenvalue weighted by molar-refractivity contribution is 5.76. The summed E-state index contributed by atoms with van der Waals surface area (Å²) in [5, 5.41) is 18.9. The maximum atomic E-state index is 11.8. The van der Waals surface area contributed by atoms with E-state index in [0.29, 0.717) is 18.5 Å². The molecule has 22 heavy (non-hydrogen) atoms. The van der Waals surface area contributed by atoms with Crippen LogP contribution in [0, 0.1) is 6.92 Å². The van der Waals surface area contributed by atoms with Crippen molar-refractivity contribution in [2.45, 2.75) is 32.9 Å². The lowest BCUT2D eigenvalue weighted by Crippen LogP contribution is -2.23. The van der Waals surface area contributed by atoms with E-state index in [0.717, 1.165) is 5.56 Å². The van der Waals surface area contributed by atoms with Gasteiger partial charge in [-0.1, -0.05) is 35.0 Å². The molecule has 7 heteroatoms. The van der Waals surface area contributed by atoms with Crippen LogP contribution >= 0.6 is 0 Å². The molecule has 0 radical (unpaired) electrons. The second-order valence-electron chi connectivity index (χ2n) is 5.06. The lowest BCUT2D eigenvalue weighted by Gasteiger charge is -2.04. The zero-order valence-electron chi connectivity index (χ0n) is 12.3. The number of aromatic nitrogens is 3. The second-order valence-corrected chi connectivity index (χ2v) is 5.06. The van der Waals surface area contributed by atoms with E-state index in [4.69, 9.17) is 5.11 Å². The van der Waals surface area contributed by atoms with Crippen LogP contribution in [-0.4, -0.2) is 32.0 Å². The van der Waals surface area contributed by atoms with E-state index in [1.54, 1.807) is 0 Å². The molecule has 0 saturated carbocycles. The van der Waals surface area contributed by atoms with Crippen molar-refractivity contribution >= 4 is 11.9 Å². The number of amides is 1. The second kappa shape index (κ2) is 7.35. The first kappa shape index (κ1) is 15.7. The summed E-state index contributed by atoms with van der Waals surface area (Å²) < 4.78 is 1.22. The summed E-state index contributed by atoms with van der Waals surface area (Å²) in [5.41, 5.74) is 2.84. The molecule has 0 fully saturated rings. The molecule has 0 bridgehead atoms. The molecule has 0 spiro atoms. The number of carbonyl (C=O) groups is 2. The molecule has 0 atom stereocenters. The van der Waals surface area contributed by atoms with Crippen molar-refractivity contribution in [3.05, 3.63) is 47.3 Å². The molecule has 2 rings (SSSR count). The van der Waals surface area contributed by atoms with E-state index in [1.807, 2.05) is 31.2 Å². The number of nitrogens with zero attached hydrogens (tertiary/aromatic N) is 3. The number of aliphatic carboxylic acids is 1. The normalized spacial score (nSPS) is 10.4. The van der Waals surface area contributed by atoms with Crippen molar-refractivity contribution in [3.63, 3.8) is 0 Å². The van der Waals surface area contributed by atoms with Crippen LogP contribution in [0.5, 0.6) is 0 Å². The molecule has 1 aromatic carbocycles. The van der Waals surface area contributed by atoms with Crippen molar-refractivity contribution in [2.24, 2.45) is 0 Å². The molecule has 7 nitrogen and oxygen atoms in total. The minimum atomic E-state index is -0.987. The topological polar surface area (TPSA) is 97.1 Å². The number of benzene rings is 1. The molecule has 1 heterocycles. The Morgan fingerprint density at radius 1 is 1.27 bits per heavy atom. The molecular weight excluding hydrogens is 284 g/mol. The highest BCUT2D eigenvalue weighted by Gasteiger charge is 2.06. The van der Waals surface area contributed by atoms with Gasteiger partial charge in [-0.25, -0.2) is 4.68 Å². The van der Waals surface area contributed by atoms with Crippen LogP contribution in [0.4, 0.5) is 0 Å². The number of carbonyl (C=O) groups excluding carboxylic acids is 1. The first-order valence-electron chi connectivity index (χ1n) is 6.96. The Balaban J connectivity index is 1.74. The standard InChI is InChI=1S/C15H18N4O3/c1-11-2-4-12(5-3-11)6-7-14(20)16-8-13-9-19(18-17-13)10-15(21)22/h2-5,9H,6-8,10H2,1H3,(H,16,20)(H,21,22). The summed E-state index contributed by atoms with van der Waals surface area (Å²) in [6.45, 7) is 2.02.